The van der Waals surface area contributed by atoms with E-state index in [-0.39, 0.29) is 18.0 Å². The van der Waals surface area contributed by atoms with E-state index in [1.165, 1.54) is 29.3 Å². The number of aromatic nitrogens is 2. The number of fused-ring (bicyclic) bond motifs is 1. The number of rotatable bonds is 5. The number of carbonyl (C=O) groups excluding carboxylic acids is 1. The fourth-order valence-electron chi connectivity index (χ4n) is 2.82. The highest BCUT2D eigenvalue weighted by Crippen LogP contribution is 2.33. The van der Waals surface area contributed by atoms with E-state index in [0.29, 0.717) is 26.7 Å². The van der Waals surface area contributed by atoms with E-state index in [0.717, 1.165) is 10.4 Å². The zero-order valence-electron chi connectivity index (χ0n) is 14.6. The van der Waals surface area contributed by atoms with E-state index >= 15 is 0 Å². The van der Waals surface area contributed by atoms with Gasteiger partial charge < -0.3 is 10.1 Å². The second kappa shape index (κ2) is 7.75. The predicted molar refractivity (Wildman–Crippen MR) is 114 cm³/mol. The third-order valence-corrected chi connectivity index (χ3v) is 6.12. The SMILES string of the molecule is COc1ccc(Cl)cc1NC(=O)Cn1cnc2scc(-c3cccs3)c2c1=O. The Bertz CT molecular complexity index is 1220. The molecule has 4 rings (SSSR count). The summed E-state index contributed by atoms with van der Waals surface area (Å²) < 4.78 is 6.53. The molecule has 0 saturated heterocycles. The molecule has 0 radical (unpaired) electrons. The van der Waals surface area contributed by atoms with Gasteiger partial charge in [0.25, 0.3) is 5.56 Å². The molecule has 1 N–H and O–H groups in total. The predicted octanol–water partition coefficient (Wildman–Crippen LogP) is 4.49. The van der Waals surface area contributed by atoms with Crippen LogP contribution in [0.3, 0.4) is 0 Å². The van der Waals surface area contributed by atoms with Crippen LogP contribution in [0.1, 0.15) is 0 Å². The Morgan fingerprint density at radius 2 is 2.18 bits per heavy atom. The average Bonchev–Trinajstić information content (AvgIpc) is 3.33. The Kier molecular flexibility index (Phi) is 5.17. The first-order chi connectivity index (χ1) is 13.6. The summed E-state index contributed by atoms with van der Waals surface area (Å²) >= 11 is 8.96. The van der Waals surface area contributed by atoms with E-state index < -0.39 is 0 Å². The molecule has 0 unspecified atom stereocenters. The highest BCUT2D eigenvalue weighted by atomic mass is 35.5. The Hall–Kier alpha value is -2.68. The molecule has 0 fully saturated rings. The maximum Gasteiger partial charge on any atom is 0.263 e. The van der Waals surface area contributed by atoms with Crippen molar-refractivity contribution < 1.29 is 9.53 Å². The van der Waals surface area contributed by atoms with Gasteiger partial charge in [0, 0.05) is 20.8 Å². The molecule has 0 atom stereocenters. The number of ether oxygens (including phenoxy) is 1. The number of amides is 1. The van der Waals surface area contributed by atoms with Gasteiger partial charge in [0.15, 0.2) is 0 Å². The molecule has 0 aliphatic carbocycles. The van der Waals surface area contributed by atoms with Gasteiger partial charge >= 0.3 is 0 Å². The number of anilines is 1. The van der Waals surface area contributed by atoms with E-state index in [9.17, 15) is 9.59 Å². The van der Waals surface area contributed by atoms with Crippen LogP contribution in [-0.4, -0.2) is 22.6 Å². The zero-order chi connectivity index (χ0) is 19.7. The fraction of sp³-hybridized carbons (Fsp3) is 0.105. The molecule has 4 aromatic rings. The summed E-state index contributed by atoms with van der Waals surface area (Å²) in [5.74, 6) is 0.105. The van der Waals surface area contributed by atoms with E-state index in [1.54, 1.807) is 29.5 Å². The van der Waals surface area contributed by atoms with Gasteiger partial charge in [-0.05, 0) is 29.6 Å². The molecule has 0 bridgehead atoms. The molecule has 1 amide bonds. The number of halogens is 1. The van der Waals surface area contributed by atoms with Gasteiger partial charge in [-0.2, -0.15) is 0 Å². The van der Waals surface area contributed by atoms with Gasteiger partial charge in [-0.1, -0.05) is 17.7 Å². The van der Waals surface area contributed by atoms with Gasteiger partial charge in [0.2, 0.25) is 5.91 Å². The van der Waals surface area contributed by atoms with Crippen LogP contribution in [-0.2, 0) is 11.3 Å². The molecule has 3 aromatic heterocycles. The zero-order valence-corrected chi connectivity index (χ0v) is 17.0. The minimum Gasteiger partial charge on any atom is -0.495 e. The number of nitrogens with one attached hydrogen (secondary N) is 1. The quantitative estimate of drug-likeness (QED) is 0.505. The molecule has 0 aliphatic rings. The van der Waals surface area contributed by atoms with Crippen LogP contribution >= 0.6 is 34.3 Å². The number of hydrogen-bond donors (Lipinski definition) is 1. The number of carbonyl (C=O) groups is 1. The normalized spacial score (nSPS) is 10.9. The van der Waals surface area contributed by atoms with Gasteiger partial charge in [-0.25, -0.2) is 4.98 Å². The summed E-state index contributed by atoms with van der Waals surface area (Å²) in [6.45, 7) is -0.169. The molecule has 9 heteroatoms. The monoisotopic (exact) mass is 431 g/mol. The van der Waals surface area contributed by atoms with Crippen LogP contribution in [0.5, 0.6) is 5.75 Å². The molecule has 28 heavy (non-hydrogen) atoms. The van der Waals surface area contributed by atoms with Gasteiger partial charge in [-0.3, -0.25) is 14.2 Å². The van der Waals surface area contributed by atoms with Gasteiger partial charge in [0.05, 0.1) is 24.5 Å². The first-order valence-corrected chi connectivity index (χ1v) is 10.3. The van der Waals surface area contributed by atoms with Crippen molar-refractivity contribution in [2.45, 2.75) is 6.54 Å². The maximum atomic E-state index is 13.0. The van der Waals surface area contributed by atoms with Crippen LogP contribution < -0.4 is 15.6 Å². The van der Waals surface area contributed by atoms with Gasteiger partial charge in [-0.15, -0.1) is 22.7 Å². The van der Waals surface area contributed by atoms with Crippen molar-refractivity contribution in [1.29, 1.82) is 0 Å². The smallest absolute Gasteiger partial charge is 0.263 e. The number of thiophene rings is 2. The summed E-state index contributed by atoms with van der Waals surface area (Å²) in [6.07, 6.45) is 1.40. The Balaban J connectivity index is 1.64. The van der Waals surface area contributed by atoms with Crippen molar-refractivity contribution in [3.05, 3.63) is 62.8 Å². The van der Waals surface area contributed by atoms with E-state index in [1.807, 2.05) is 22.9 Å². The molecule has 3 heterocycles. The summed E-state index contributed by atoms with van der Waals surface area (Å²) in [5.41, 5.74) is 1.04. The Morgan fingerprint density at radius 3 is 2.93 bits per heavy atom. The molecular weight excluding hydrogens is 418 g/mol. The molecular formula is C19H14ClN3O3S2. The highest BCUT2D eigenvalue weighted by molar-refractivity contribution is 7.18. The number of benzene rings is 1. The molecule has 142 valence electrons. The molecule has 0 saturated carbocycles. The Labute approximate surface area is 173 Å². The van der Waals surface area contributed by atoms with Crippen molar-refractivity contribution in [2.75, 3.05) is 12.4 Å². The number of nitrogens with zero attached hydrogens (tertiary/aromatic N) is 2. The first kappa shape index (κ1) is 18.7. The van der Waals surface area contributed by atoms with E-state index in [2.05, 4.69) is 10.3 Å². The van der Waals surface area contributed by atoms with Crippen molar-refractivity contribution in [3.8, 4) is 16.2 Å². The topological polar surface area (TPSA) is 73.2 Å². The lowest BCUT2D eigenvalue weighted by atomic mass is 10.2. The van der Waals surface area contributed by atoms with Crippen molar-refractivity contribution in [1.82, 2.24) is 9.55 Å². The van der Waals surface area contributed by atoms with Crippen LogP contribution in [0.25, 0.3) is 20.7 Å². The standard InChI is InChI=1S/C19H14ClN3O3S2/c1-26-14-5-4-11(20)7-13(14)22-16(24)8-23-10-21-18-17(19(23)25)12(9-28-18)15-3-2-6-27-15/h2-7,9-10H,8H2,1H3,(H,22,24). The first-order valence-electron chi connectivity index (χ1n) is 8.20. The van der Waals surface area contributed by atoms with Gasteiger partial charge in [0.1, 0.15) is 17.1 Å². The van der Waals surface area contributed by atoms with Crippen molar-refractivity contribution in [3.63, 3.8) is 0 Å². The highest BCUT2D eigenvalue weighted by Gasteiger charge is 2.16. The summed E-state index contributed by atoms with van der Waals surface area (Å²) in [4.78, 5) is 31.5. The second-order valence-corrected chi connectivity index (χ2v) is 8.12. The summed E-state index contributed by atoms with van der Waals surface area (Å²) in [5, 5.41) is 7.61. The lowest BCUT2D eigenvalue weighted by Gasteiger charge is -2.11. The maximum absolute atomic E-state index is 13.0. The molecule has 6 nitrogen and oxygen atoms in total. The van der Waals surface area contributed by atoms with Crippen LogP contribution in [0.15, 0.2) is 52.2 Å². The molecule has 1 aromatic carbocycles. The molecule has 0 aliphatic heterocycles. The largest absolute Gasteiger partial charge is 0.495 e. The summed E-state index contributed by atoms with van der Waals surface area (Å²) in [6, 6.07) is 8.82. The lowest BCUT2D eigenvalue weighted by Crippen LogP contribution is -2.27. The van der Waals surface area contributed by atoms with Crippen LogP contribution in [0, 0.1) is 0 Å². The third-order valence-electron chi connectivity index (χ3n) is 4.10. The average molecular weight is 432 g/mol. The Morgan fingerprint density at radius 1 is 1.32 bits per heavy atom. The minimum atomic E-state index is -0.378. The third kappa shape index (κ3) is 3.54. The number of methoxy groups -OCH3 is 1. The number of hydrogen-bond acceptors (Lipinski definition) is 6. The van der Waals surface area contributed by atoms with Crippen LogP contribution in [0.2, 0.25) is 5.02 Å². The second-order valence-electron chi connectivity index (χ2n) is 5.88. The van der Waals surface area contributed by atoms with Crippen LogP contribution in [0.4, 0.5) is 5.69 Å². The lowest BCUT2D eigenvalue weighted by molar-refractivity contribution is -0.116. The van der Waals surface area contributed by atoms with E-state index in [4.69, 9.17) is 16.3 Å². The minimum absolute atomic E-state index is 0.169. The summed E-state index contributed by atoms with van der Waals surface area (Å²) in [7, 11) is 1.50. The fourth-order valence-corrected chi connectivity index (χ4v) is 4.71. The van der Waals surface area contributed by atoms with Crippen molar-refractivity contribution in [2.24, 2.45) is 0 Å². The molecule has 0 spiro atoms. The van der Waals surface area contributed by atoms with Crippen molar-refractivity contribution >= 4 is 56.1 Å².